The van der Waals surface area contributed by atoms with Gasteiger partial charge in [-0.2, -0.15) is 0 Å². The van der Waals surface area contributed by atoms with Gasteiger partial charge in [0.1, 0.15) is 17.2 Å². The van der Waals surface area contributed by atoms with E-state index in [2.05, 4.69) is 22.3 Å². The monoisotopic (exact) mass is 459 g/mol. The molecule has 0 unspecified atom stereocenters. The second-order valence-corrected chi connectivity index (χ2v) is 9.49. The maximum atomic E-state index is 13.6. The van der Waals surface area contributed by atoms with Crippen LogP contribution in [0.1, 0.15) is 38.3 Å². The van der Waals surface area contributed by atoms with Crippen LogP contribution in [0.5, 0.6) is 5.75 Å². The predicted octanol–water partition coefficient (Wildman–Crippen LogP) is 4.42. The number of ether oxygens (including phenoxy) is 1. The molecule has 0 aliphatic carbocycles. The van der Waals surface area contributed by atoms with Crippen molar-refractivity contribution in [2.75, 3.05) is 33.7 Å². The van der Waals surface area contributed by atoms with E-state index in [0.29, 0.717) is 38.0 Å². The molecule has 0 aliphatic rings. The minimum Gasteiger partial charge on any atom is -0.508 e. The van der Waals surface area contributed by atoms with Crippen LogP contribution in [0.3, 0.4) is 0 Å². The molecule has 2 N–H and O–H groups in total. The number of phenolic OH excluding ortho intramolecular Hbond substituents is 1. The zero-order valence-corrected chi connectivity index (χ0v) is 20.5. The first-order valence-corrected chi connectivity index (χ1v) is 11.4. The van der Waals surface area contributed by atoms with Crippen LogP contribution in [0, 0.1) is 5.82 Å². The van der Waals surface area contributed by atoms with Crippen LogP contribution < -0.4 is 5.32 Å². The normalized spacial score (nSPS) is 12.6. The van der Waals surface area contributed by atoms with E-state index in [1.807, 2.05) is 53.1 Å². The van der Waals surface area contributed by atoms with E-state index in [0.717, 1.165) is 12.6 Å². The number of hydrogen-bond acceptors (Lipinski definition) is 5. The van der Waals surface area contributed by atoms with Gasteiger partial charge in [-0.3, -0.25) is 0 Å². The van der Waals surface area contributed by atoms with Gasteiger partial charge in [0, 0.05) is 38.3 Å². The summed E-state index contributed by atoms with van der Waals surface area (Å²) in [7, 11) is 3.88. The van der Waals surface area contributed by atoms with Crippen molar-refractivity contribution >= 4 is 6.09 Å². The van der Waals surface area contributed by atoms with Crippen molar-refractivity contribution in [3.63, 3.8) is 0 Å². The summed E-state index contributed by atoms with van der Waals surface area (Å²) in [6.45, 7) is 8.12. The smallest absolute Gasteiger partial charge is 0.410 e. The van der Waals surface area contributed by atoms with Crippen LogP contribution in [0.4, 0.5) is 9.18 Å². The van der Waals surface area contributed by atoms with Crippen LogP contribution >= 0.6 is 0 Å². The molecule has 0 fully saturated rings. The van der Waals surface area contributed by atoms with E-state index < -0.39 is 11.4 Å². The highest BCUT2D eigenvalue weighted by Crippen LogP contribution is 2.17. The van der Waals surface area contributed by atoms with Crippen LogP contribution in [0.15, 0.2) is 48.5 Å². The highest BCUT2D eigenvalue weighted by atomic mass is 19.1. The highest BCUT2D eigenvalue weighted by molar-refractivity contribution is 5.68. The lowest BCUT2D eigenvalue weighted by Gasteiger charge is -2.30. The van der Waals surface area contributed by atoms with E-state index in [4.69, 9.17) is 4.74 Å². The number of benzene rings is 2. The Balaban J connectivity index is 1.98. The summed E-state index contributed by atoms with van der Waals surface area (Å²) in [5.74, 6) is -0.548. The van der Waals surface area contributed by atoms with E-state index in [-0.39, 0.29) is 17.9 Å². The Labute approximate surface area is 197 Å². The summed E-state index contributed by atoms with van der Waals surface area (Å²) in [4.78, 5) is 16.8. The molecule has 2 aromatic rings. The van der Waals surface area contributed by atoms with Crippen LogP contribution in [0.2, 0.25) is 0 Å². The predicted molar refractivity (Wildman–Crippen MR) is 130 cm³/mol. The van der Waals surface area contributed by atoms with Gasteiger partial charge in [-0.05, 0) is 71.0 Å². The number of amides is 1. The summed E-state index contributed by atoms with van der Waals surface area (Å²) in [5.41, 5.74) is 1.35. The molecule has 7 heteroatoms. The average molecular weight is 460 g/mol. The zero-order chi connectivity index (χ0) is 24.4. The van der Waals surface area contributed by atoms with Crippen LogP contribution in [-0.2, 0) is 17.7 Å². The van der Waals surface area contributed by atoms with E-state index in [1.54, 1.807) is 11.0 Å². The number of likely N-dealkylation sites (N-methyl/N-ethyl adjacent to an activating group) is 2. The van der Waals surface area contributed by atoms with Crippen molar-refractivity contribution < 1.29 is 19.0 Å². The third kappa shape index (κ3) is 10.2. The SMILES string of the molecule is CN[C@H](CCN(CCN(C)Cc1ccccc1)C(=O)OC(C)(C)C)Cc1cc(O)cc(F)c1. The lowest BCUT2D eigenvalue weighted by Crippen LogP contribution is -2.43. The second kappa shape index (κ2) is 12.6. The maximum Gasteiger partial charge on any atom is 0.410 e. The van der Waals surface area contributed by atoms with E-state index >= 15 is 0 Å². The minimum absolute atomic E-state index is 0.0122. The zero-order valence-electron chi connectivity index (χ0n) is 20.5. The first kappa shape index (κ1) is 26.6. The number of nitrogens with one attached hydrogen (secondary N) is 1. The molecule has 0 spiro atoms. The van der Waals surface area contributed by atoms with Crippen molar-refractivity contribution in [1.82, 2.24) is 15.1 Å². The molecule has 0 aliphatic heterocycles. The molecule has 2 aromatic carbocycles. The topological polar surface area (TPSA) is 65.0 Å². The van der Waals surface area contributed by atoms with Crippen LogP contribution in [0.25, 0.3) is 0 Å². The Kier molecular flexibility index (Phi) is 10.1. The highest BCUT2D eigenvalue weighted by Gasteiger charge is 2.23. The summed E-state index contributed by atoms with van der Waals surface area (Å²) >= 11 is 0. The number of hydrogen-bond donors (Lipinski definition) is 2. The number of carbonyl (C=O) groups is 1. The van der Waals surface area contributed by atoms with Crippen LogP contribution in [-0.4, -0.2) is 66.4 Å². The molecule has 1 atom stereocenters. The lowest BCUT2D eigenvalue weighted by atomic mass is 10.0. The van der Waals surface area contributed by atoms with E-state index in [9.17, 15) is 14.3 Å². The molecule has 1 amide bonds. The first-order chi connectivity index (χ1) is 15.6. The van der Waals surface area contributed by atoms with Crippen molar-refractivity contribution in [1.29, 1.82) is 0 Å². The molecule has 0 saturated carbocycles. The van der Waals surface area contributed by atoms with Gasteiger partial charge in [0.25, 0.3) is 0 Å². The van der Waals surface area contributed by atoms with Crippen molar-refractivity contribution in [3.05, 3.63) is 65.5 Å². The minimum atomic E-state index is -0.577. The molecule has 182 valence electrons. The molecule has 6 nitrogen and oxygen atoms in total. The molecular weight excluding hydrogens is 421 g/mol. The van der Waals surface area contributed by atoms with Gasteiger partial charge in [-0.1, -0.05) is 30.3 Å². The number of phenols is 1. The molecule has 0 saturated heterocycles. The third-order valence-electron chi connectivity index (χ3n) is 5.28. The Hall–Kier alpha value is -2.64. The molecule has 0 aromatic heterocycles. The molecule has 0 heterocycles. The van der Waals surface area contributed by atoms with Crippen molar-refractivity contribution in [2.24, 2.45) is 0 Å². The molecule has 33 heavy (non-hydrogen) atoms. The number of rotatable bonds is 11. The standard InChI is InChI=1S/C26H38FN3O3/c1-26(2,3)33-25(32)30(14-13-29(5)19-20-9-7-6-8-10-20)12-11-23(28-4)16-21-15-22(27)18-24(31)17-21/h6-10,15,17-18,23,28,31H,11-14,16,19H2,1-5H3/t23-/m1/s1. The van der Waals surface area contributed by atoms with E-state index in [1.165, 1.54) is 11.6 Å². The summed E-state index contributed by atoms with van der Waals surface area (Å²) in [6, 6.07) is 14.3. The number of halogens is 1. The average Bonchev–Trinajstić information content (AvgIpc) is 2.71. The van der Waals surface area contributed by atoms with Gasteiger partial charge < -0.3 is 25.0 Å². The fourth-order valence-electron chi connectivity index (χ4n) is 3.58. The Morgan fingerprint density at radius 3 is 2.39 bits per heavy atom. The summed E-state index contributed by atoms with van der Waals surface area (Å²) in [6.07, 6.45) is 0.863. The number of nitrogens with zero attached hydrogens (tertiary/aromatic N) is 2. The van der Waals surface area contributed by atoms with Crippen molar-refractivity contribution in [2.45, 2.75) is 51.8 Å². The van der Waals surface area contributed by atoms with Gasteiger partial charge in [0.05, 0.1) is 0 Å². The first-order valence-electron chi connectivity index (χ1n) is 11.4. The fraction of sp³-hybridized carbons (Fsp3) is 0.500. The number of carbonyl (C=O) groups excluding carboxylic acids is 1. The molecule has 0 bridgehead atoms. The molecule has 0 radical (unpaired) electrons. The van der Waals surface area contributed by atoms with Gasteiger partial charge in [0.2, 0.25) is 0 Å². The lowest BCUT2D eigenvalue weighted by molar-refractivity contribution is 0.0229. The second-order valence-electron chi connectivity index (χ2n) is 9.49. The Morgan fingerprint density at radius 2 is 1.79 bits per heavy atom. The largest absolute Gasteiger partial charge is 0.508 e. The number of aromatic hydroxyl groups is 1. The molecular formula is C26H38FN3O3. The molecule has 2 rings (SSSR count). The van der Waals surface area contributed by atoms with Gasteiger partial charge >= 0.3 is 6.09 Å². The Morgan fingerprint density at radius 1 is 1.09 bits per heavy atom. The summed E-state index contributed by atoms with van der Waals surface area (Å²) in [5, 5.41) is 12.9. The third-order valence-corrected chi connectivity index (χ3v) is 5.28. The van der Waals surface area contributed by atoms with Gasteiger partial charge in [-0.25, -0.2) is 9.18 Å². The maximum absolute atomic E-state index is 13.6. The van der Waals surface area contributed by atoms with Gasteiger partial charge in [0.15, 0.2) is 0 Å². The fourth-order valence-corrected chi connectivity index (χ4v) is 3.58. The van der Waals surface area contributed by atoms with Crippen molar-refractivity contribution in [3.8, 4) is 5.75 Å². The quantitative estimate of drug-likeness (QED) is 0.521. The summed E-state index contributed by atoms with van der Waals surface area (Å²) < 4.78 is 19.3. The van der Waals surface area contributed by atoms with Gasteiger partial charge in [-0.15, -0.1) is 0 Å². The Bertz CT molecular complexity index is 851.